The van der Waals surface area contributed by atoms with Gasteiger partial charge in [0, 0.05) is 10.7 Å². The van der Waals surface area contributed by atoms with Crippen molar-refractivity contribution >= 4 is 38.9 Å². The highest BCUT2D eigenvalue weighted by molar-refractivity contribution is 7.92. The second-order valence-corrected chi connectivity index (χ2v) is 13.4. The average Bonchev–Trinajstić information content (AvgIpc) is 2.87. The van der Waals surface area contributed by atoms with Crippen LogP contribution in [0.1, 0.15) is 44.1 Å². The molecule has 0 saturated heterocycles. The van der Waals surface area contributed by atoms with Crippen molar-refractivity contribution in [1.82, 2.24) is 0 Å². The van der Waals surface area contributed by atoms with Crippen molar-refractivity contribution < 1.29 is 13.2 Å². The summed E-state index contributed by atoms with van der Waals surface area (Å²) in [4.78, 5) is 13.2. The number of amides is 1. The van der Waals surface area contributed by atoms with Crippen molar-refractivity contribution in [3.63, 3.8) is 0 Å². The van der Waals surface area contributed by atoms with Gasteiger partial charge in [-0.1, -0.05) is 41.9 Å². The van der Waals surface area contributed by atoms with E-state index >= 15 is 0 Å². The van der Waals surface area contributed by atoms with Gasteiger partial charge in [0.05, 0.1) is 10.6 Å². The van der Waals surface area contributed by atoms with Crippen LogP contribution >= 0.6 is 11.6 Å². The number of nitrogens with one attached hydrogen (secondary N) is 1. The first-order valence-corrected chi connectivity index (χ1v) is 14.9. The third-order valence-corrected chi connectivity index (χ3v) is 10.6. The standard InChI is InChI=1S/C30H31ClN2O3S/c31-25-8-12-28(13-9-25)37(35,36)33(27-4-2-1-3-5-27)20-29(34)32-26-10-6-24(7-11-26)30-17-21-14-22(18-30)16-23(15-21)19-30/h1-13,21-23H,14-20H2,(H,32,34). The fourth-order valence-corrected chi connectivity index (χ4v) is 8.89. The molecule has 37 heavy (non-hydrogen) atoms. The molecule has 7 heteroatoms. The van der Waals surface area contributed by atoms with E-state index in [2.05, 4.69) is 17.4 Å². The zero-order valence-corrected chi connectivity index (χ0v) is 22.2. The van der Waals surface area contributed by atoms with E-state index in [0.29, 0.717) is 21.8 Å². The van der Waals surface area contributed by atoms with Gasteiger partial charge < -0.3 is 5.32 Å². The summed E-state index contributed by atoms with van der Waals surface area (Å²) in [6.45, 7) is -0.342. The summed E-state index contributed by atoms with van der Waals surface area (Å²) in [5, 5.41) is 3.35. The van der Waals surface area contributed by atoms with Gasteiger partial charge in [0.1, 0.15) is 6.54 Å². The van der Waals surface area contributed by atoms with Crippen molar-refractivity contribution in [2.24, 2.45) is 17.8 Å². The quantitative estimate of drug-likeness (QED) is 0.369. The predicted octanol–water partition coefficient (Wildman–Crippen LogP) is 6.64. The van der Waals surface area contributed by atoms with Crippen LogP contribution in [0.15, 0.2) is 83.8 Å². The van der Waals surface area contributed by atoms with E-state index in [1.165, 1.54) is 68.4 Å². The van der Waals surface area contributed by atoms with Gasteiger partial charge in [-0.3, -0.25) is 9.10 Å². The minimum Gasteiger partial charge on any atom is -0.325 e. The van der Waals surface area contributed by atoms with Crippen LogP contribution in [-0.4, -0.2) is 20.9 Å². The van der Waals surface area contributed by atoms with Gasteiger partial charge in [-0.2, -0.15) is 0 Å². The van der Waals surface area contributed by atoms with Crippen molar-refractivity contribution in [2.45, 2.75) is 48.8 Å². The third-order valence-electron chi connectivity index (χ3n) is 8.55. The Morgan fingerprint density at radius 3 is 1.97 bits per heavy atom. The largest absolute Gasteiger partial charge is 0.325 e. The molecule has 0 unspecified atom stereocenters. The molecule has 4 aliphatic carbocycles. The zero-order valence-electron chi connectivity index (χ0n) is 20.6. The molecule has 4 saturated carbocycles. The van der Waals surface area contributed by atoms with E-state index in [9.17, 15) is 13.2 Å². The molecule has 3 aromatic carbocycles. The molecule has 4 fully saturated rings. The highest BCUT2D eigenvalue weighted by Gasteiger charge is 2.51. The maximum Gasteiger partial charge on any atom is 0.264 e. The number of hydrogen-bond donors (Lipinski definition) is 1. The number of carbonyl (C=O) groups is 1. The number of carbonyl (C=O) groups excluding carboxylic acids is 1. The SMILES string of the molecule is O=C(CN(c1ccccc1)S(=O)(=O)c1ccc(Cl)cc1)Nc1ccc(C23CC4CC(CC(C4)C2)C3)cc1. The van der Waals surface area contributed by atoms with E-state index < -0.39 is 15.9 Å². The Hall–Kier alpha value is -2.83. The molecule has 0 spiro atoms. The number of para-hydroxylation sites is 1. The Bertz CT molecular complexity index is 1350. The van der Waals surface area contributed by atoms with E-state index in [-0.39, 0.29) is 11.4 Å². The molecule has 4 aliphatic rings. The number of benzene rings is 3. The number of sulfonamides is 1. The van der Waals surface area contributed by atoms with E-state index in [0.717, 1.165) is 22.1 Å². The Morgan fingerprint density at radius 2 is 1.41 bits per heavy atom. The molecule has 0 radical (unpaired) electrons. The second-order valence-electron chi connectivity index (χ2n) is 11.1. The van der Waals surface area contributed by atoms with Crippen LogP contribution < -0.4 is 9.62 Å². The van der Waals surface area contributed by atoms with Crippen molar-refractivity contribution in [2.75, 3.05) is 16.2 Å². The molecular weight excluding hydrogens is 504 g/mol. The molecule has 4 bridgehead atoms. The normalized spacial score (nSPS) is 26.1. The smallest absolute Gasteiger partial charge is 0.264 e. The minimum atomic E-state index is -3.98. The predicted molar refractivity (Wildman–Crippen MR) is 147 cm³/mol. The van der Waals surface area contributed by atoms with Gasteiger partial charge in [0.2, 0.25) is 5.91 Å². The molecule has 3 aromatic rings. The maximum absolute atomic E-state index is 13.5. The maximum atomic E-state index is 13.5. The van der Waals surface area contributed by atoms with Crippen LogP contribution in [0.5, 0.6) is 0 Å². The van der Waals surface area contributed by atoms with Crippen LogP contribution in [0.3, 0.4) is 0 Å². The molecule has 0 aliphatic heterocycles. The molecule has 1 amide bonds. The number of halogens is 1. The van der Waals surface area contributed by atoms with Crippen LogP contribution in [0.4, 0.5) is 11.4 Å². The highest BCUT2D eigenvalue weighted by Crippen LogP contribution is 2.60. The summed E-state index contributed by atoms with van der Waals surface area (Å²) < 4.78 is 28.1. The third kappa shape index (κ3) is 4.77. The molecular formula is C30H31ClN2O3S. The lowest BCUT2D eigenvalue weighted by Gasteiger charge is -2.57. The average molecular weight is 535 g/mol. The zero-order chi connectivity index (χ0) is 25.6. The van der Waals surface area contributed by atoms with E-state index in [4.69, 9.17) is 11.6 Å². The highest BCUT2D eigenvalue weighted by atomic mass is 35.5. The fraction of sp³-hybridized carbons (Fsp3) is 0.367. The summed E-state index contributed by atoms with van der Waals surface area (Å²) in [6.07, 6.45) is 8.09. The number of hydrogen-bond acceptors (Lipinski definition) is 3. The van der Waals surface area contributed by atoms with E-state index in [1.807, 2.05) is 18.2 Å². The first-order valence-electron chi connectivity index (χ1n) is 13.0. The first kappa shape index (κ1) is 24.5. The number of nitrogens with zero attached hydrogens (tertiary/aromatic N) is 1. The lowest BCUT2D eigenvalue weighted by atomic mass is 9.48. The van der Waals surface area contributed by atoms with Gasteiger partial charge in [0.25, 0.3) is 10.0 Å². The Morgan fingerprint density at radius 1 is 0.838 bits per heavy atom. The van der Waals surface area contributed by atoms with E-state index in [1.54, 1.807) is 24.3 Å². The molecule has 0 atom stereocenters. The van der Waals surface area contributed by atoms with Crippen molar-refractivity contribution in [3.8, 4) is 0 Å². The topological polar surface area (TPSA) is 66.5 Å². The van der Waals surface area contributed by atoms with Gasteiger partial charge in [-0.05, 0) is 116 Å². The molecule has 1 N–H and O–H groups in total. The van der Waals surface area contributed by atoms with Crippen LogP contribution in [0.25, 0.3) is 0 Å². The molecule has 0 aromatic heterocycles. The van der Waals surface area contributed by atoms with Gasteiger partial charge >= 0.3 is 0 Å². The summed E-state index contributed by atoms with van der Waals surface area (Å²) in [7, 11) is -3.98. The van der Waals surface area contributed by atoms with Crippen LogP contribution in [-0.2, 0) is 20.2 Å². The van der Waals surface area contributed by atoms with Gasteiger partial charge in [-0.15, -0.1) is 0 Å². The lowest BCUT2D eigenvalue weighted by molar-refractivity contribution is -0.114. The van der Waals surface area contributed by atoms with Crippen LogP contribution in [0.2, 0.25) is 5.02 Å². The Balaban J connectivity index is 1.20. The summed E-state index contributed by atoms with van der Waals surface area (Å²) in [6, 6.07) is 22.9. The number of rotatable bonds is 7. The lowest BCUT2D eigenvalue weighted by Crippen LogP contribution is -2.48. The molecule has 7 rings (SSSR count). The summed E-state index contributed by atoms with van der Waals surface area (Å²) in [5.41, 5.74) is 2.79. The second kappa shape index (κ2) is 9.48. The van der Waals surface area contributed by atoms with Gasteiger partial charge in [-0.25, -0.2) is 8.42 Å². The summed E-state index contributed by atoms with van der Waals surface area (Å²) in [5.74, 6) is 2.22. The number of anilines is 2. The molecule has 5 nitrogen and oxygen atoms in total. The van der Waals surface area contributed by atoms with Crippen LogP contribution in [0, 0.1) is 17.8 Å². The minimum absolute atomic E-state index is 0.0773. The van der Waals surface area contributed by atoms with Gasteiger partial charge in [0.15, 0.2) is 0 Å². The Kier molecular flexibility index (Phi) is 6.28. The fourth-order valence-electron chi connectivity index (χ4n) is 7.35. The molecule has 0 heterocycles. The molecule has 192 valence electrons. The monoisotopic (exact) mass is 534 g/mol. The van der Waals surface area contributed by atoms with Crippen molar-refractivity contribution in [3.05, 3.63) is 89.4 Å². The first-order chi connectivity index (χ1) is 17.8. The Labute approximate surface area is 223 Å². The van der Waals surface area contributed by atoms with Crippen molar-refractivity contribution in [1.29, 1.82) is 0 Å². The summed E-state index contributed by atoms with van der Waals surface area (Å²) >= 11 is 5.96.